The Labute approximate surface area is 105 Å². The summed E-state index contributed by atoms with van der Waals surface area (Å²) >= 11 is 0. The van der Waals surface area contributed by atoms with E-state index >= 15 is 0 Å². The fourth-order valence-electron chi connectivity index (χ4n) is 1.37. The van der Waals surface area contributed by atoms with Crippen LogP contribution in [0.3, 0.4) is 0 Å². The molecule has 0 saturated carbocycles. The van der Waals surface area contributed by atoms with Crippen molar-refractivity contribution in [3.63, 3.8) is 0 Å². The standard InChI is InChI=1S/C11H15F2NO2.ClH/c1-11(2,5-15)10(14)9-7(13)3-6(12)4-8(9)16;/h3-4,10,15-16H,5,14H2,1-2H3;1H/t10-;/m1./s1. The average molecular weight is 268 g/mol. The Morgan fingerprint density at radius 2 is 1.88 bits per heavy atom. The molecular formula is C11H16ClF2NO2. The quantitative estimate of drug-likeness (QED) is 0.786. The molecule has 0 aliphatic heterocycles. The van der Waals surface area contributed by atoms with Gasteiger partial charge in [0.05, 0.1) is 0 Å². The van der Waals surface area contributed by atoms with Crippen molar-refractivity contribution in [2.45, 2.75) is 19.9 Å². The van der Waals surface area contributed by atoms with Crippen LogP contribution in [0.5, 0.6) is 5.75 Å². The van der Waals surface area contributed by atoms with Gasteiger partial charge in [0, 0.05) is 35.8 Å². The van der Waals surface area contributed by atoms with Crippen LogP contribution < -0.4 is 5.73 Å². The zero-order valence-electron chi connectivity index (χ0n) is 9.58. The summed E-state index contributed by atoms with van der Waals surface area (Å²) in [5.74, 6) is -2.31. The van der Waals surface area contributed by atoms with Gasteiger partial charge in [-0.25, -0.2) is 8.78 Å². The van der Waals surface area contributed by atoms with Gasteiger partial charge in [-0.15, -0.1) is 12.4 Å². The van der Waals surface area contributed by atoms with E-state index < -0.39 is 28.8 Å². The lowest BCUT2D eigenvalue weighted by Crippen LogP contribution is -2.33. The summed E-state index contributed by atoms with van der Waals surface area (Å²) in [7, 11) is 0. The van der Waals surface area contributed by atoms with E-state index in [1.165, 1.54) is 0 Å². The number of aliphatic hydroxyl groups is 1. The molecule has 1 rings (SSSR count). The van der Waals surface area contributed by atoms with E-state index in [1.807, 2.05) is 0 Å². The highest BCUT2D eigenvalue weighted by molar-refractivity contribution is 5.85. The van der Waals surface area contributed by atoms with Crippen molar-refractivity contribution >= 4 is 12.4 Å². The number of phenols is 1. The van der Waals surface area contributed by atoms with Crippen LogP contribution in [0.4, 0.5) is 8.78 Å². The van der Waals surface area contributed by atoms with Gasteiger partial charge < -0.3 is 15.9 Å². The molecule has 0 heterocycles. The van der Waals surface area contributed by atoms with Crippen molar-refractivity contribution in [2.24, 2.45) is 11.1 Å². The fraction of sp³-hybridized carbons (Fsp3) is 0.455. The number of rotatable bonds is 3. The minimum absolute atomic E-state index is 0. The Balaban J connectivity index is 0.00000256. The number of benzene rings is 1. The monoisotopic (exact) mass is 267 g/mol. The first kappa shape index (κ1) is 16.1. The molecule has 0 unspecified atom stereocenters. The van der Waals surface area contributed by atoms with Crippen LogP contribution in [0.15, 0.2) is 12.1 Å². The van der Waals surface area contributed by atoms with Gasteiger partial charge >= 0.3 is 0 Å². The van der Waals surface area contributed by atoms with Crippen LogP contribution in [0.25, 0.3) is 0 Å². The lowest BCUT2D eigenvalue weighted by Gasteiger charge is -2.30. The molecule has 0 amide bonds. The van der Waals surface area contributed by atoms with E-state index in [9.17, 15) is 13.9 Å². The number of nitrogens with two attached hydrogens (primary N) is 1. The number of hydrogen-bond acceptors (Lipinski definition) is 3. The predicted molar refractivity (Wildman–Crippen MR) is 63.1 cm³/mol. The average Bonchev–Trinajstić information content (AvgIpc) is 2.15. The minimum Gasteiger partial charge on any atom is -0.507 e. The summed E-state index contributed by atoms with van der Waals surface area (Å²) in [6, 6.07) is 0.534. The molecule has 17 heavy (non-hydrogen) atoms. The van der Waals surface area contributed by atoms with Gasteiger partial charge in [-0.2, -0.15) is 0 Å². The lowest BCUT2D eigenvalue weighted by molar-refractivity contribution is 0.129. The summed E-state index contributed by atoms with van der Waals surface area (Å²) in [6.07, 6.45) is 0. The van der Waals surface area contributed by atoms with Gasteiger partial charge in [-0.3, -0.25) is 0 Å². The maximum Gasteiger partial charge on any atom is 0.134 e. The number of aromatic hydroxyl groups is 1. The number of phenolic OH excluding ortho intramolecular Hbond substituents is 1. The molecule has 0 radical (unpaired) electrons. The predicted octanol–water partition coefficient (Wildman–Crippen LogP) is 2.11. The Morgan fingerprint density at radius 3 is 2.29 bits per heavy atom. The highest BCUT2D eigenvalue weighted by Gasteiger charge is 2.31. The largest absolute Gasteiger partial charge is 0.507 e. The highest BCUT2D eigenvalue weighted by atomic mass is 35.5. The number of halogens is 3. The van der Waals surface area contributed by atoms with Crippen molar-refractivity contribution in [1.29, 1.82) is 0 Å². The minimum atomic E-state index is -0.918. The first-order valence-electron chi connectivity index (χ1n) is 4.84. The van der Waals surface area contributed by atoms with Gasteiger partial charge in [0.15, 0.2) is 0 Å². The molecule has 0 aliphatic carbocycles. The highest BCUT2D eigenvalue weighted by Crippen LogP contribution is 2.37. The molecule has 98 valence electrons. The molecule has 6 heteroatoms. The zero-order valence-corrected chi connectivity index (χ0v) is 10.4. The van der Waals surface area contributed by atoms with Crippen LogP contribution in [-0.4, -0.2) is 16.8 Å². The number of hydrogen-bond donors (Lipinski definition) is 3. The summed E-state index contributed by atoms with van der Waals surface area (Å²) in [5, 5.41) is 18.6. The molecule has 0 saturated heterocycles. The topological polar surface area (TPSA) is 66.5 Å². The molecule has 4 N–H and O–H groups in total. The van der Waals surface area contributed by atoms with E-state index in [0.717, 1.165) is 6.07 Å². The third-order valence-electron chi connectivity index (χ3n) is 2.63. The van der Waals surface area contributed by atoms with Crippen LogP contribution in [-0.2, 0) is 0 Å². The summed E-state index contributed by atoms with van der Waals surface area (Å²) in [5.41, 5.74) is 4.76. The molecule has 0 aliphatic rings. The van der Waals surface area contributed by atoms with Crippen LogP contribution in [0, 0.1) is 17.0 Å². The summed E-state index contributed by atoms with van der Waals surface area (Å²) in [6.45, 7) is 2.98. The first-order valence-corrected chi connectivity index (χ1v) is 4.84. The lowest BCUT2D eigenvalue weighted by atomic mass is 9.81. The van der Waals surface area contributed by atoms with Gasteiger partial charge in [0.25, 0.3) is 0 Å². The van der Waals surface area contributed by atoms with Crippen molar-refractivity contribution in [3.8, 4) is 5.75 Å². The van der Waals surface area contributed by atoms with E-state index in [2.05, 4.69) is 0 Å². The van der Waals surface area contributed by atoms with Crippen molar-refractivity contribution in [3.05, 3.63) is 29.3 Å². The van der Waals surface area contributed by atoms with E-state index in [-0.39, 0.29) is 24.6 Å². The molecule has 1 aromatic rings. The zero-order chi connectivity index (χ0) is 12.5. The maximum atomic E-state index is 13.5. The second kappa shape index (κ2) is 5.62. The van der Waals surface area contributed by atoms with E-state index in [0.29, 0.717) is 6.07 Å². The molecular weight excluding hydrogens is 252 g/mol. The Hall–Kier alpha value is -0.910. The second-order valence-electron chi connectivity index (χ2n) is 4.44. The van der Waals surface area contributed by atoms with Crippen molar-refractivity contribution < 1.29 is 19.0 Å². The van der Waals surface area contributed by atoms with Crippen LogP contribution in [0.1, 0.15) is 25.5 Å². The van der Waals surface area contributed by atoms with E-state index in [4.69, 9.17) is 10.8 Å². The maximum absolute atomic E-state index is 13.5. The molecule has 3 nitrogen and oxygen atoms in total. The molecule has 1 aromatic carbocycles. The Bertz CT molecular complexity index is 376. The molecule has 0 spiro atoms. The third kappa shape index (κ3) is 3.28. The van der Waals surface area contributed by atoms with Gasteiger partial charge in [0.1, 0.15) is 17.4 Å². The number of aliphatic hydroxyl groups excluding tert-OH is 1. The van der Waals surface area contributed by atoms with Crippen LogP contribution >= 0.6 is 12.4 Å². The van der Waals surface area contributed by atoms with Gasteiger partial charge in [-0.1, -0.05) is 13.8 Å². The van der Waals surface area contributed by atoms with Crippen LogP contribution in [0.2, 0.25) is 0 Å². The first-order chi connectivity index (χ1) is 7.29. The fourth-order valence-corrected chi connectivity index (χ4v) is 1.37. The van der Waals surface area contributed by atoms with E-state index in [1.54, 1.807) is 13.8 Å². The Kier molecular flexibility index (Phi) is 5.32. The van der Waals surface area contributed by atoms with Gasteiger partial charge in [0.2, 0.25) is 0 Å². The normalized spacial score (nSPS) is 13.1. The summed E-state index contributed by atoms with van der Waals surface area (Å²) < 4.78 is 26.2. The smallest absolute Gasteiger partial charge is 0.134 e. The SMILES string of the molecule is CC(C)(CO)[C@H](N)c1c(O)cc(F)cc1F.Cl. The Morgan fingerprint density at radius 1 is 1.35 bits per heavy atom. The van der Waals surface area contributed by atoms with Crippen molar-refractivity contribution in [1.82, 2.24) is 0 Å². The molecule has 1 atom stereocenters. The third-order valence-corrected chi connectivity index (χ3v) is 2.63. The van der Waals surface area contributed by atoms with Gasteiger partial charge in [-0.05, 0) is 0 Å². The summed E-state index contributed by atoms with van der Waals surface area (Å²) in [4.78, 5) is 0. The molecule has 0 fully saturated rings. The molecule has 0 bridgehead atoms. The molecule has 0 aromatic heterocycles. The van der Waals surface area contributed by atoms with Crippen molar-refractivity contribution in [2.75, 3.05) is 6.61 Å². The second-order valence-corrected chi connectivity index (χ2v) is 4.44.